The Balaban J connectivity index is 2.12. The Morgan fingerprint density at radius 3 is 2.48 bits per heavy atom. The fourth-order valence-corrected chi connectivity index (χ4v) is 6.07. The Kier molecular flexibility index (Phi) is 5.53. The van der Waals surface area contributed by atoms with Gasteiger partial charge in [0.15, 0.2) is 0 Å². The third-order valence-electron chi connectivity index (χ3n) is 5.35. The number of aromatic nitrogens is 4. The van der Waals surface area contributed by atoms with Crippen LogP contribution in [0.3, 0.4) is 0 Å². The number of sulfone groups is 1. The Morgan fingerprint density at radius 2 is 1.88 bits per heavy atom. The van der Waals surface area contributed by atoms with E-state index in [0.717, 1.165) is 22.2 Å². The molecule has 12 heteroatoms. The largest absolute Gasteiger partial charge is 0.465 e. The van der Waals surface area contributed by atoms with Crippen LogP contribution in [0.15, 0.2) is 39.0 Å². The number of fused-ring (bicyclic) bond motifs is 2. The third kappa shape index (κ3) is 3.59. The Bertz CT molecular complexity index is 1650. The highest BCUT2D eigenvalue weighted by atomic mass is 32.2. The van der Waals surface area contributed by atoms with Crippen molar-refractivity contribution in [2.24, 2.45) is 7.05 Å². The van der Waals surface area contributed by atoms with Crippen molar-refractivity contribution < 1.29 is 17.9 Å². The maximum absolute atomic E-state index is 13.1. The highest BCUT2D eigenvalue weighted by Gasteiger charge is 2.28. The molecule has 3 heterocycles. The van der Waals surface area contributed by atoms with Gasteiger partial charge in [0.2, 0.25) is 15.0 Å². The number of imidazole rings is 1. The fraction of sp³-hybridized carbons (Fsp3) is 0.333. The van der Waals surface area contributed by atoms with Crippen LogP contribution in [0.2, 0.25) is 0 Å². The van der Waals surface area contributed by atoms with Crippen LogP contribution in [0.4, 0.5) is 0 Å². The quantitative estimate of drug-likeness (QED) is 0.392. The van der Waals surface area contributed by atoms with Crippen molar-refractivity contribution in [1.82, 2.24) is 18.7 Å². The Morgan fingerprint density at radius 1 is 1.21 bits per heavy atom. The van der Waals surface area contributed by atoms with E-state index in [1.54, 1.807) is 38.1 Å². The molecule has 0 saturated carbocycles. The number of hydrogen-bond acceptors (Lipinski definition) is 8. The molecule has 4 aromatic rings. The number of carbonyl (C=O) groups is 1. The van der Waals surface area contributed by atoms with E-state index in [4.69, 9.17) is 4.74 Å². The summed E-state index contributed by atoms with van der Waals surface area (Å²) in [7, 11) is -1.15. The summed E-state index contributed by atoms with van der Waals surface area (Å²) in [5.41, 5.74) is -0.0658. The second kappa shape index (κ2) is 7.96. The van der Waals surface area contributed by atoms with Crippen LogP contribution in [0.5, 0.6) is 0 Å². The van der Waals surface area contributed by atoms with E-state index in [9.17, 15) is 22.8 Å². The van der Waals surface area contributed by atoms with Gasteiger partial charge in [0.1, 0.15) is 4.83 Å². The smallest absolute Gasteiger partial charge is 0.339 e. The summed E-state index contributed by atoms with van der Waals surface area (Å²) >= 11 is 1.09. The van der Waals surface area contributed by atoms with Gasteiger partial charge in [-0.1, -0.05) is 12.1 Å². The molecular formula is C21H22N4O6S2. The summed E-state index contributed by atoms with van der Waals surface area (Å²) < 4.78 is 33.8. The van der Waals surface area contributed by atoms with Gasteiger partial charge in [-0.25, -0.2) is 23.0 Å². The minimum absolute atomic E-state index is 0.0183. The number of methoxy groups -OCH3 is 1. The summed E-state index contributed by atoms with van der Waals surface area (Å²) in [5, 5.41) is -0.0888. The molecule has 0 unspecified atom stereocenters. The minimum atomic E-state index is -3.71. The highest BCUT2D eigenvalue weighted by Crippen LogP contribution is 2.33. The van der Waals surface area contributed by atoms with Crippen LogP contribution in [-0.2, 0) is 28.2 Å². The van der Waals surface area contributed by atoms with Crippen molar-refractivity contribution in [1.29, 1.82) is 0 Å². The van der Waals surface area contributed by atoms with E-state index in [2.05, 4.69) is 4.98 Å². The lowest BCUT2D eigenvalue weighted by Crippen LogP contribution is -2.38. The molecule has 33 heavy (non-hydrogen) atoms. The van der Waals surface area contributed by atoms with Crippen LogP contribution < -0.4 is 11.2 Å². The molecule has 0 aliphatic heterocycles. The number of hydrogen-bond donors (Lipinski definition) is 0. The second-order valence-corrected chi connectivity index (χ2v) is 10.9. The van der Waals surface area contributed by atoms with Crippen molar-refractivity contribution >= 4 is 48.4 Å². The molecule has 0 bridgehead atoms. The molecule has 1 aromatic carbocycles. The first-order valence-corrected chi connectivity index (χ1v) is 12.7. The van der Waals surface area contributed by atoms with E-state index in [-0.39, 0.29) is 28.7 Å². The lowest BCUT2D eigenvalue weighted by atomic mass is 10.1. The number of ether oxygens (including phenoxy) is 1. The normalized spacial score (nSPS) is 12.2. The van der Waals surface area contributed by atoms with Gasteiger partial charge < -0.3 is 9.30 Å². The van der Waals surface area contributed by atoms with Crippen molar-refractivity contribution in [3.8, 4) is 0 Å². The van der Waals surface area contributed by atoms with E-state index < -0.39 is 27.1 Å². The second-order valence-electron chi connectivity index (χ2n) is 7.92. The van der Waals surface area contributed by atoms with Crippen molar-refractivity contribution in [2.45, 2.75) is 31.6 Å². The van der Waals surface area contributed by atoms with E-state index in [1.165, 1.54) is 23.3 Å². The van der Waals surface area contributed by atoms with E-state index in [0.29, 0.717) is 20.7 Å². The molecule has 0 atom stereocenters. The van der Waals surface area contributed by atoms with Gasteiger partial charge in [-0.2, -0.15) is 0 Å². The Labute approximate surface area is 192 Å². The number of rotatable bonds is 5. The van der Waals surface area contributed by atoms with Crippen molar-refractivity contribution in [3.05, 3.63) is 55.5 Å². The molecule has 10 nitrogen and oxygen atoms in total. The van der Waals surface area contributed by atoms with Gasteiger partial charge in [0.25, 0.3) is 5.56 Å². The molecule has 3 aromatic heterocycles. The van der Waals surface area contributed by atoms with Gasteiger partial charge in [-0.15, -0.1) is 11.3 Å². The molecule has 0 aliphatic rings. The fourth-order valence-electron chi connectivity index (χ4n) is 3.85. The highest BCUT2D eigenvalue weighted by molar-refractivity contribution is 7.90. The SMILES string of the molecule is COC(=O)c1c(Cn2c(S(C)(=O)=O)nc3ccccc32)sc2c1c(=O)n(C)c(=O)n2C(C)C. The molecule has 0 amide bonds. The molecule has 0 N–H and O–H groups in total. The number of carbonyl (C=O) groups excluding carboxylic acids is 1. The zero-order valence-corrected chi connectivity index (χ0v) is 20.3. The van der Waals surface area contributed by atoms with Crippen molar-refractivity contribution in [3.63, 3.8) is 0 Å². The van der Waals surface area contributed by atoms with Gasteiger partial charge in [0, 0.05) is 24.2 Å². The molecular weight excluding hydrogens is 468 g/mol. The van der Waals surface area contributed by atoms with Crippen LogP contribution >= 0.6 is 11.3 Å². The maximum Gasteiger partial charge on any atom is 0.339 e. The topological polar surface area (TPSA) is 122 Å². The van der Waals surface area contributed by atoms with E-state index in [1.807, 2.05) is 0 Å². The predicted octanol–water partition coefficient (Wildman–Crippen LogP) is 1.93. The standard InChI is InChI=1S/C21H22N4O6S2/c1-11(2)25-18-16(17(26)23(3)21(25)28)15(19(27)31-4)14(32-18)10-24-13-9-7-6-8-12(13)22-20(24)33(5,29)30/h6-9,11H,10H2,1-5H3. The van der Waals surface area contributed by atoms with Crippen LogP contribution in [0.1, 0.15) is 35.1 Å². The zero-order valence-electron chi connectivity index (χ0n) is 18.6. The monoisotopic (exact) mass is 490 g/mol. The Hall–Kier alpha value is -3.25. The summed E-state index contributed by atoms with van der Waals surface area (Å²) in [4.78, 5) is 43.7. The van der Waals surface area contributed by atoms with Gasteiger partial charge in [0.05, 0.1) is 35.6 Å². The molecule has 0 aliphatic carbocycles. The number of nitrogens with zero attached hydrogens (tertiary/aromatic N) is 4. The first-order chi connectivity index (χ1) is 15.5. The number of esters is 1. The summed E-state index contributed by atoms with van der Waals surface area (Å²) in [6.45, 7) is 3.55. The zero-order chi connectivity index (χ0) is 24.2. The van der Waals surface area contributed by atoms with Gasteiger partial charge >= 0.3 is 11.7 Å². The van der Waals surface area contributed by atoms with Crippen LogP contribution in [0, 0.1) is 0 Å². The number of para-hydroxylation sites is 2. The van der Waals surface area contributed by atoms with Crippen LogP contribution in [0.25, 0.3) is 21.3 Å². The summed E-state index contributed by atoms with van der Waals surface area (Å²) in [6, 6.07) is 6.63. The third-order valence-corrected chi connectivity index (χ3v) is 7.50. The number of benzene rings is 1. The summed E-state index contributed by atoms with van der Waals surface area (Å²) in [6.07, 6.45) is 1.06. The van der Waals surface area contributed by atoms with Crippen LogP contribution in [-0.4, -0.2) is 46.4 Å². The predicted molar refractivity (Wildman–Crippen MR) is 125 cm³/mol. The molecule has 0 radical (unpaired) electrons. The first kappa shape index (κ1) is 22.9. The molecule has 174 valence electrons. The average Bonchev–Trinajstić information content (AvgIpc) is 3.30. The maximum atomic E-state index is 13.1. The first-order valence-electron chi connectivity index (χ1n) is 9.97. The molecule has 4 rings (SSSR count). The minimum Gasteiger partial charge on any atom is -0.465 e. The molecule has 0 fully saturated rings. The average molecular weight is 491 g/mol. The lowest BCUT2D eigenvalue weighted by molar-refractivity contribution is 0.0602. The van der Waals surface area contributed by atoms with E-state index >= 15 is 0 Å². The van der Waals surface area contributed by atoms with Crippen molar-refractivity contribution in [2.75, 3.05) is 13.4 Å². The lowest BCUT2D eigenvalue weighted by Gasteiger charge is -2.12. The number of thiophene rings is 1. The molecule has 0 spiro atoms. The molecule has 0 saturated heterocycles. The van der Waals surface area contributed by atoms with Gasteiger partial charge in [-0.3, -0.25) is 13.9 Å². The van der Waals surface area contributed by atoms with Gasteiger partial charge in [-0.05, 0) is 26.0 Å². The summed E-state index contributed by atoms with van der Waals surface area (Å²) in [5.74, 6) is -0.743.